The van der Waals surface area contributed by atoms with Gasteiger partial charge in [-0.3, -0.25) is 14.5 Å². The van der Waals surface area contributed by atoms with E-state index in [-0.39, 0.29) is 40.6 Å². The zero-order valence-electron chi connectivity index (χ0n) is 13.5. The van der Waals surface area contributed by atoms with Gasteiger partial charge >= 0.3 is 0 Å². The number of carbonyl (C=O) groups excluding carboxylic acids is 2. The molecule has 1 aliphatic carbocycles. The summed E-state index contributed by atoms with van der Waals surface area (Å²) < 4.78 is 25.0. The van der Waals surface area contributed by atoms with Gasteiger partial charge < -0.3 is 5.11 Å². The lowest BCUT2D eigenvalue weighted by molar-refractivity contribution is -0.123. The predicted molar refractivity (Wildman–Crippen MR) is 92.2 cm³/mol. The molecule has 1 saturated carbocycles. The Labute approximate surface area is 154 Å². The monoisotopic (exact) mass is 391 g/mol. The maximum Gasteiger partial charge on any atom is 0.251 e. The van der Waals surface area contributed by atoms with E-state index in [9.17, 15) is 23.5 Å². The molecule has 0 bridgehead atoms. The summed E-state index contributed by atoms with van der Waals surface area (Å²) in [5.74, 6) is -1.36. The molecule has 0 saturated heterocycles. The molecule has 1 N–H and O–H groups in total. The first kappa shape index (κ1) is 19.8. The van der Waals surface area contributed by atoms with E-state index in [1.165, 1.54) is 24.1 Å². The Morgan fingerprint density at radius 3 is 2.40 bits per heavy atom. The number of carbonyl (C=O) groups is 2. The van der Waals surface area contributed by atoms with E-state index < -0.39 is 30.3 Å². The molecule has 0 atom stereocenters. The third kappa shape index (κ3) is 4.57. The fourth-order valence-corrected chi connectivity index (χ4v) is 3.29. The molecule has 8 heteroatoms. The third-order valence-electron chi connectivity index (χ3n) is 3.92. The summed E-state index contributed by atoms with van der Waals surface area (Å²) in [5.41, 5.74) is 0.166. The van der Waals surface area contributed by atoms with Gasteiger partial charge in [0.2, 0.25) is 0 Å². The molecule has 1 fully saturated rings. The summed E-state index contributed by atoms with van der Waals surface area (Å²) in [6, 6.07) is 2.85. The molecule has 0 amide bonds. The number of Topliss-reactive ketones (excluding diaryl/α,β-unsaturated/α-hetero) is 2. The maximum absolute atomic E-state index is 12.5. The summed E-state index contributed by atoms with van der Waals surface area (Å²) in [6.07, 6.45) is -1.70. The number of ketones is 2. The molecule has 0 aromatic heterocycles. The molecule has 0 spiro atoms. The van der Waals surface area contributed by atoms with Gasteiger partial charge in [-0.05, 0) is 25.6 Å². The summed E-state index contributed by atoms with van der Waals surface area (Å²) in [7, 11) is 1.48. The van der Waals surface area contributed by atoms with Crippen molar-refractivity contribution in [3.05, 3.63) is 38.9 Å². The van der Waals surface area contributed by atoms with Gasteiger partial charge in [0.15, 0.2) is 11.6 Å². The van der Waals surface area contributed by atoms with Crippen LogP contribution in [0.25, 0.3) is 5.76 Å². The first-order chi connectivity index (χ1) is 11.7. The van der Waals surface area contributed by atoms with Gasteiger partial charge in [0, 0.05) is 35.5 Å². The van der Waals surface area contributed by atoms with Crippen molar-refractivity contribution >= 4 is 40.5 Å². The molecule has 0 unspecified atom stereocenters. The van der Waals surface area contributed by atoms with Crippen molar-refractivity contribution in [3.8, 4) is 0 Å². The van der Waals surface area contributed by atoms with E-state index in [0.717, 1.165) is 0 Å². The molecule has 0 radical (unpaired) electrons. The van der Waals surface area contributed by atoms with Crippen LogP contribution in [0.2, 0.25) is 10.0 Å². The van der Waals surface area contributed by atoms with Crippen LogP contribution in [0.4, 0.5) is 8.78 Å². The SMILES string of the molecule is CN(Cc1c(Cl)ccc(C(O)=C2C(=O)CCCC2=O)c1Cl)CC(F)F. The average molecular weight is 392 g/mol. The van der Waals surface area contributed by atoms with Gasteiger partial charge in [-0.2, -0.15) is 0 Å². The summed E-state index contributed by atoms with van der Waals surface area (Å²) >= 11 is 12.4. The molecule has 25 heavy (non-hydrogen) atoms. The second kappa shape index (κ2) is 8.25. The van der Waals surface area contributed by atoms with E-state index in [1.807, 2.05) is 0 Å². The van der Waals surface area contributed by atoms with Crippen molar-refractivity contribution in [1.82, 2.24) is 4.90 Å². The van der Waals surface area contributed by atoms with Crippen LogP contribution in [0, 0.1) is 0 Å². The summed E-state index contributed by atoms with van der Waals surface area (Å²) in [5, 5.41) is 10.7. The second-order valence-corrected chi connectivity index (χ2v) is 6.68. The molecule has 0 aliphatic heterocycles. The predicted octanol–water partition coefficient (Wildman–Crippen LogP) is 4.28. The molecule has 2 rings (SSSR count). The Hall–Kier alpha value is -1.50. The van der Waals surface area contributed by atoms with E-state index in [1.54, 1.807) is 0 Å². The number of nitrogens with zero attached hydrogens (tertiary/aromatic N) is 1. The Morgan fingerprint density at radius 2 is 1.84 bits per heavy atom. The van der Waals surface area contributed by atoms with Crippen molar-refractivity contribution in [1.29, 1.82) is 0 Å². The first-order valence-electron chi connectivity index (χ1n) is 7.66. The van der Waals surface area contributed by atoms with Crippen LogP contribution in [0.5, 0.6) is 0 Å². The Kier molecular flexibility index (Phi) is 6.54. The van der Waals surface area contributed by atoms with Gasteiger partial charge in [0.25, 0.3) is 6.43 Å². The van der Waals surface area contributed by atoms with Gasteiger partial charge in [-0.25, -0.2) is 8.78 Å². The molecule has 1 aromatic carbocycles. The minimum absolute atomic E-state index is 0.0281. The Balaban J connectivity index is 2.44. The number of alkyl halides is 2. The number of hydrogen-bond donors (Lipinski definition) is 1. The number of aliphatic hydroxyl groups excluding tert-OH is 1. The summed E-state index contributed by atoms with van der Waals surface area (Å²) in [6.45, 7) is -0.443. The van der Waals surface area contributed by atoms with E-state index in [2.05, 4.69) is 0 Å². The van der Waals surface area contributed by atoms with Crippen LogP contribution in [-0.4, -0.2) is 41.6 Å². The van der Waals surface area contributed by atoms with Crippen LogP contribution < -0.4 is 0 Å². The second-order valence-electron chi connectivity index (χ2n) is 5.90. The van der Waals surface area contributed by atoms with Crippen LogP contribution in [0.3, 0.4) is 0 Å². The van der Waals surface area contributed by atoms with Crippen LogP contribution >= 0.6 is 23.2 Å². The first-order valence-corrected chi connectivity index (χ1v) is 8.41. The number of rotatable bonds is 5. The van der Waals surface area contributed by atoms with Gasteiger partial charge in [-0.1, -0.05) is 23.2 Å². The lowest BCUT2D eigenvalue weighted by Crippen LogP contribution is -2.24. The lowest BCUT2D eigenvalue weighted by atomic mass is 9.89. The number of halogens is 4. The topological polar surface area (TPSA) is 57.6 Å². The van der Waals surface area contributed by atoms with Gasteiger partial charge in [0.05, 0.1) is 11.6 Å². The van der Waals surface area contributed by atoms with Crippen molar-refractivity contribution in [2.45, 2.75) is 32.2 Å². The highest BCUT2D eigenvalue weighted by atomic mass is 35.5. The maximum atomic E-state index is 12.5. The van der Waals surface area contributed by atoms with Crippen molar-refractivity contribution < 1.29 is 23.5 Å². The molecular weight excluding hydrogens is 375 g/mol. The van der Waals surface area contributed by atoms with Crippen molar-refractivity contribution in [2.24, 2.45) is 0 Å². The quantitative estimate of drug-likeness (QED) is 0.462. The number of hydrogen-bond acceptors (Lipinski definition) is 4. The van der Waals surface area contributed by atoms with Gasteiger partial charge in [-0.15, -0.1) is 0 Å². The fourth-order valence-electron chi connectivity index (χ4n) is 2.71. The standard InChI is InChI=1S/C17H17Cl2F2NO3/c1-22(8-14(20)21)7-10-11(18)6-5-9(16(10)19)17(25)15-12(23)3-2-4-13(15)24/h5-6,14,25H,2-4,7-8H2,1H3. The highest BCUT2D eigenvalue weighted by molar-refractivity contribution is 6.37. The zero-order chi connectivity index (χ0) is 18.7. The normalized spacial score (nSPS) is 15.4. The number of allylic oxidation sites excluding steroid dienone is 1. The molecule has 136 valence electrons. The van der Waals surface area contributed by atoms with E-state index in [0.29, 0.717) is 12.0 Å². The molecule has 1 aliphatic rings. The highest BCUT2D eigenvalue weighted by Crippen LogP contribution is 2.35. The minimum Gasteiger partial charge on any atom is -0.506 e. The lowest BCUT2D eigenvalue weighted by Gasteiger charge is -2.20. The van der Waals surface area contributed by atoms with Crippen LogP contribution in [-0.2, 0) is 16.1 Å². The van der Waals surface area contributed by atoms with Crippen LogP contribution in [0.1, 0.15) is 30.4 Å². The fraction of sp³-hybridized carbons (Fsp3) is 0.412. The highest BCUT2D eigenvalue weighted by Gasteiger charge is 2.29. The number of benzene rings is 1. The zero-order valence-corrected chi connectivity index (χ0v) is 15.0. The molecule has 1 aromatic rings. The van der Waals surface area contributed by atoms with Gasteiger partial charge in [0.1, 0.15) is 11.3 Å². The van der Waals surface area contributed by atoms with E-state index in [4.69, 9.17) is 23.2 Å². The van der Waals surface area contributed by atoms with Crippen LogP contribution in [0.15, 0.2) is 17.7 Å². The van der Waals surface area contributed by atoms with Crippen molar-refractivity contribution in [2.75, 3.05) is 13.6 Å². The third-order valence-corrected chi connectivity index (χ3v) is 4.71. The number of aliphatic hydroxyl groups is 1. The molecule has 4 nitrogen and oxygen atoms in total. The Bertz CT molecular complexity index is 717. The smallest absolute Gasteiger partial charge is 0.251 e. The molecular formula is C17H17Cl2F2NO3. The molecule has 0 heterocycles. The average Bonchev–Trinajstić information content (AvgIpc) is 2.50. The minimum atomic E-state index is -2.52. The summed E-state index contributed by atoms with van der Waals surface area (Å²) in [4.78, 5) is 25.3. The van der Waals surface area contributed by atoms with E-state index >= 15 is 0 Å². The Morgan fingerprint density at radius 1 is 1.24 bits per heavy atom. The van der Waals surface area contributed by atoms with Crippen molar-refractivity contribution in [3.63, 3.8) is 0 Å². The largest absolute Gasteiger partial charge is 0.506 e.